The molecular formula is C26H32F2N8O3S. The van der Waals surface area contributed by atoms with Crippen LogP contribution in [-0.4, -0.2) is 81.6 Å². The minimum absolute atomic E-state index is 0.0266. The summed E-state index contributed by atoms with van der Waals surface area (Å²) >= 11 is 0. The average molecular weight is 575 g/mol. The molecule has 3 aliphatic heterocycles. The molecule has 0 aromatic carbocycles. The molecule has 2 saturated heterocycles. The van der Waals surface area contributed by atoms with Crippen LogP contribution >= 0.6 is 0 Å². The van der Waals surface area contributed by atoms with Crippen molar-refractivity contribution in [1.82, 2.24) is 25.1 Å². The number of hydrogen-bond donors (Lipinski definition) is 0. The van der Waals surface area contributed by atoms with Crippen molar-refractivity contribution < 1.29 is 22.0 Å². The van der Waals surface area contributed by atoms with E-state index in [-0.39, 0.29) is 29.6 Å². The first-order valence-corrected chi connectivity index (χ1v) is 14.8. The van der Waals surface area contributed by atoms with E-state index >= 15 is 0 Å². The van der Waals surface area contributed by atoms with E-state index in [0.29, 0.717) is 44.6 Å². The molecule has 2 aromatic heterocycles. The maximum absolute atomic E-state index is 14.3. The van der Waals surface area contributed by atoms with Gasteiger partial charge in [-0.2, -0.15) is 5.26 Å². The van der Waals surface area contributed by atoms with E-state index < -0.39 is 37.2 Å². The molecule has 214 valence electrons. The van der Waals surface area contributed by atoms with Crippen LogP contribution in [0.15, 0.2) is 12.4 Å². The fraction of sp³-hybridized carbons (Fsp3) is 0.615. The highest BCUT2D eigenvalue weighted by atomic mass is 32.2. The molecule has 0 N–H and O–H groups in total. The molecule has 3 atom stereocenters. The summed E-state index contributed by atoms with van der Waals surface area (Å²) in [4.78, 5) is 27.9. The van der Waals surface area contributed by atoms with Gasteiger partial charge >= 0.3 is 0 Å². The van der Waals surface area contributed by atoms with Crippen LogP contribution in [0.25, 0.3) is 0 Å². The quantitative estimate of drug-likeness (QED) is 0.536. The van der Waals surface area contributed by atoms with Gasteiger partial charge in [-0.05, 0) is 33.3 Å². The third-order valence-corrected chi connectivity index (χ3v) is 10.9. The minimum atomic E-state index is -3.46. The predicted octanol–water partition coefficient (Wildman–Crippen LogP) is 2.68. The van der Waals surface area contributed by atoms with E-state index in [1.54, 1.807) is 15.9 Å². The van der Waals surface area contributed by atoms with Gasteiger partial charge in [0.2, 0.25) is 5.91 Å². The third-order valence-electron chi connectivity index (χ3n) is 8.44. The number of aromatic nitrogens is 4. The minimum Gasteiger partial charge on any atom is -0.350 e. The molecule has 2 aromatic rings. The normalized spacial score (nSPS) is 27.1. The highest BCUT2D eigenvalue weighted by Crippen LogP contribution is 2.47. The van der Waals surface area contributed by atoms with Crippen LogP contribution in [0.2, 0.25) is 0 Å². The first-order chi connectivity index (χ1) is 18.5. The molecule has 1 unspecified atom stereocenters. The molecule has 0 aliphatic carbocycles. The number of rotatable bonds is 4. The van der Waals surface area contributed by atoms with Gasteiger partial charge in [0, 0.05) is 49.6 Å². The van der Waals surface area contributed by atoms with E-state index in [9.17, 15) is 27.3 Å². The van der Waals surface area contributed by atoms with Crippen LogP contribution in [0.3, 0.4) is 0 Å². The summed E-state index contributed by atoms with van der Waals surface area (Å²) in [5, 5.41) is 17.1. The Bertz CT molecular complexity index is 1540. The van der Waals surface area contributed by atoms with Gasteiger partial charge in [-0.1, -0.05) is 13.8 Å². The summed E-state index contributed by atoms with van der Waals surface area (Å²) in [5.74, 6) is -2.30. The van der Waals surface area contributed by atoms with Crippen LogP contribution in [0.4, 0.5) is 26.2 Å². The third kappa shape index (κ3) is 4.17. The molecule has 1 amide bonds. The van der Waals surface area contributed by atoms with Gasteiger partial charge in [0.25, 0.3) is 5.92 Å². The second-order valence-corrected chi connectivity index (χ2v) is 14.5. The van der Waals surface area contributed by atoms with Crippen molar-refractivity contribution in [2.75, 3.05) is 35.2 Å². The number of alkyl halides is 2. The van der Waals surface area contributed by atoms with Crippen molar-refractivity contribution in [2.24, 2.45) is 0 Å². The van der Waals surface area contributed by atoms with E-state index in [1.165, 1.54) is 19.3 Å². The molecule has 11 nitrogen and oxygen atoms in total. The van der Waals surface area contributed by atoms with E-state index in [4.69, 9.17) is 0 Å². The molecule has 0 spiro atoms. The Morgan fingerprint density at radius 2 is 1.80 bits per heavy atom. The summed E-state index contributed by atoms with van der Waals surface area (Å²) in [7, 11) is -3.46. The Morgan fingerprint density at radius 1 is 1.12 bits per heavy atom. The van der Waals surface area contributed by atoms with Gasteiger partial charge < -0.3 is 14.7 Å². The lowest BCUT2D eigenvalue weighted by Gasteiger charge is -2.49. The smallest absolute Gasteiger partial charge is 0.273 e. The second-order valence-electron chi connectivity index (χ2n) is 11.9. The van der Waals surface area contributed by atoms with Crippen molar-refractivity contribution in [3.63, 3.8) is 0 Å². The number of sulfone groups is 1. The van der Waals surface area contributed by atoms with Crippen LogP contribution in [0, 0.1) is 11.3 Å². The van der Waals surface area contributed by atoms with Crippen LogP contribution in [0.5, 0.6) is 0 Å². The number of hydrogen-bond acceptors (Lipinski definition) is 10. The molecule has 0 saturated carbocycles. The predicted molar refractivity (Wildman–Crippen MR) is 143 cm³/mol. The summed E-state index contributed by atoms with van der Waals surface area (Å²) < 4.78 is 52.1. The Balaban J connectivity index is 1.49. The van der Waals surface area contributed by atoms with E-state index in [0.717, 1.165) is 5.56 Å². The maximum Gasteiger partial charge on any atom is 0.273 e. The lowest BCUT2D eigenvalue weighted by Crippen LogP contribution is -2.66. The maximum atomic E-state index is 14.3. The molecule has 5 heterocycles. The molecule has 2 fully saturated rings. The standard InChI is InChI=1S/C26H32F2N8O3S/c1-15-12-35(23(37)25(5)7-8-40(25,38)39)16(2)11-34(15)21-20-22(31-14-30-21)36(13-24(20,3)4)19-9-17(26(6,27)28)18(10-29)32-33-19/h9,14-16H,7-8,11-13H2,1-6H3/t15-,16+,25?/m0/s1. The summed E-state index contributed by atoms with van der Waals surface area (Å²) in [6.45, 7) is 11.2. The fourth-order valence-electron chi connectivity index (χ4n) is 5.89. The number of carbonyl (C=O) groups is 1. The zero-order valence-corrected chi connectivity index (χ0v) is 24.1. The lowest BCUT2D eigenvalue weighted by molar-refractivity contribution is -0.137. The van der Waals surface area contributed by atoms with Gasteiger partial charge in [0.05, 0.1) is 11.3 Å². The SMILES string of the molecule is C[C@@H]1CN(c2ncnc3c2C(C)(C)CN3c2cc(C(C)(F)F)c(C#N)nn2)[C@@H](C)CN1C(=O)C1(C)CCS1(=O)=O. The number of piperazine rings is 1. The average Bonchev–Trinajstić information content (AvgIpc) is 3.18. The highest BCUT2D eigenvalue weighted by molar-refractivity contribution is 7.95. The van der Waals surface area contributed by atoms with Crippen molar-refractivity contribution in [3.8, 4) is 6.07 Å². The van der Waals surface area contributed by atoms with Crippen LogP contribution in [0.1, 0.15) is 64.8 Å². The monoisotopic (exact) mass is 574 g/mol. The molecule has 40 heavy (non-hydrogen) atoms. The number of anilines is 3. The second kappa shape index (κ2) is 9.02. The van der Waals surface area contributed by atoms with E-state index in [2.05, 4.69) is 25.1 Å². The Kier molecular flexibility index (Phi) is 6.33. The number of halogens is 2. The highest BCUT2D eigenvalue weighted by Gasteiger charge is 2.57. The van der Waals surface area contributed by atoms with E-state index in [1.807, 2.05) is 27.7 Å². The number of amides is 1. The number of fused-ring (bicyclic) bond motifs is 1. The first-order valence-electron chi connectivity index (χ1n) is 13.1. The van der Waals surface area contributed by atoms with Crippen molar-refractivity contribution in [3.05, 3.63) is 29.2 Å². The Labute approximate surface area is 232 Å². The summed E-state index contributed by atoms with van der Waals surface area (Å²) in [6.07, 6.45) is 1.73. The first kappa shape index (κ1) is 28.1. The molecule has 5 rings (SSSR count). The molecule has 3 aliphatic rings. The number of nitriles is 1. The van der Waals surface area contributed by atoms with Gasteiger partial charge in [-0.3, -0.25) is 4.79 Å². The van der Waals surface area contributed by atoms with Crippen molar-refractivity contribution in [2.45, 2.75) is 76.1 Å². The molecule has 0 radical (unpaired) electrons. The van der Waals surface area contributed by atoms with Gasteiger partial charge in [-0.15, -0.1) is 10.2 Å². The fourth-order valence-corrected chi connectivity index (χ4v) is 7.42. The molecule has 14 heteroatoms. The zero-order chi connectivity index (χ0) is 29.4. The van der Waals surface area contributed by atoms with Crippen molar-refractivity contribution >= 4 is 33.2 Å². The molecule has 0 bridgehead atoms. The summed E-state index contributed by atoms with van der Waals surface area (Å²) in [6, 6.07) is 2.41. The van der Waals surface area contributed by atoms with Gasteiger partial charge in [-0.25, -0.2) is 27.2 Å². The topological polar surface area (TPSA) is 136 Å². The Hall–Kier alpha value is -3.47. The summed E-state index contributed by atoms with van der Waals surface area (Å²) in [5.41, 5.74) is -0.652. The zero-order valence-electron chi connectivity index (χ0n) is 23.3. The van der Waals surface area contributed by atoms with Crippen LogP contribution < -0.4 is 9.80 Å². The number of carbonyl (C=O) groups excluding carboxylic acids is 1. The lowest BCUT2D eigenvalue weighted by atomic mass is 9.87. The van der Waals surface area contributed by atoms with Crippen molar-refractivity contribution in [1.29, 1.82) is 5.26 Å². The number of nitrogens with zero attached hydrogens (tertiary/aromatic N) is 8. The Morgan fingerprint density at radius 3 is 2.38 bits per heavy atom. The largest absolute Gasteiger partial charge is 0.350 e. The van der Waals surface area contributed by atoms with Gasteiger partial charge in [0.15, 0.2) is 21.3 Å². The van der Waals surface area contributed by atoms with Gasteiger partial charge in [0.1, 0.15) is 28.8 Å². The molecular weight excluding hydrogens is 542 g/mol. The van der Waals surface area contributed by atoms with Crippen LogP contribution in [-0.2, 0) is 26.0 Å².